The van der Waals surface area contributed by atoms with Crippen LogP contribution in [0.4, 0.5) is 10.1 Å². The van der Waals surface area contributed by atoms with Gasteiger partial charge in [0.15, 0.2) is 5.50 Å². The maximum Gasteiger partial charge on any atom is 0.337 e. The molecule has 1 fully saturated rings. The number of aromatic carboxylic acids is 1. The quantitative estimate of drug-likeness (QED) is 0.478. The van der Waals surface area contributed by atoms with Crippen LogP contribution in [-0.4, -0.2) is 22.5 Å². The molecule has 6 nitrogen and oxygen atoms in total. The summed E-state index contributed by atoms with van der Waals surface area (Å²) in [4.78, 5) is 23.7. The zero-order valence-corrected chi connectivity index (χ0v) is 16.8. The summed E-state index contributed by atoms with van der Waals surface area (Å²) in [5, 5.41) is 14.8. The first-order chi connectivity index (χ1) is 14.4. The number of rotatable bonds is 5. The SMILES string of the molecule is O=C1NC(Nc2ccccc2F)S/C1=C\c1ccc(-c2ccc(C(=O)O)c(Cl)c2)o1. The number of para-hydroxylation sites is 1. The van der Waals surface area contributed by atoms with Crippen LogP contribution in [0.3, 0.4) is 0 Å². The number of carbonyl (C=O) groups is 2. The van der Waals surface area contributed by atoms with Crippen molar-refractivity contribution in [2.24, 2.45) is 0 Å². The normalized spacial score (nSPS) is 17.2. The molecule has 152 valence electrons. The lowest BCUT2D eigenvalue weighted by Gasteiger charge is -2.12. The Morgan fingerprint density at radius 1 is 1.23 bits per heavy atom. The molecule has 1 atom stereocenters. The van der Waals surface area contributed by atoms with Crippen LogP contribution in [-0.2, 0) is 4.79 Å². The lowest BCUT2D eigenvalue weighted by Crippen LogP contribution is -2.31. The van der Waals surface area contributed by atoms with Crippen molar-refractivity contribution in [2.75, 3.05) is 5.32 Å². The van der Waals surface area contributed by atoms with E-state index < -0.39 is 17.3 Å². The molecule has 1 unspecified atom stereocenters. The summed E-state index contributed by atoms with van der Waals surface area (Å²) in [7, 11) is 0. The molecule has 2 aromatic carbocycles. The third-order valence-electron chi connectivity index (χ3n) is 4.28. The van der Waals surface area contributed by atoms with Crippen molar-refractivity contribution in [3.63, 3.8) is 0 Å². The number of amides is 1. The van der Waals surface area contributed by atoms with Gasteiger partial charge in [-0.2, -0.15) is 0 Å². The van der Waals surface area contributed by atoms with Crippen molar-refractivity contribution in [1.82, 2.24) is 5.32 Å². The largest absolute Gasteiger partial charge is 0.478 e. The van der Waals surface area contributed by atoms with E-state index >= 15 is 0 Å². The number of furan rings is 1. The van der Waals surface area contributed by atoms with Crippen molar-refractivity contribution >= 4 is 47.0 Å². The highest BCUT2D eigenvalue weighted by atomic mass is 35.5. The summed E-state index contributed by atoms with van der Waals surface area (Å²) >= 11 is 7.21. The van der Waals surface area contributed by atoms with Crippen molar-refractivity contribution in [3.05, 3.63) is 81.7 Å². The number of carboxylic acid groups (broad SMARTS) is 1. The van der Waals surface area contributed by atoms with Gasteiger partial charge < -0.3 is 20.2 Å². The Hall–Kier alpha value is -3.23. The van der Waals surface area contributed by atoms with E-state index in [1.807, 2.05) is 0 Å². The Labute approximate surface area is 179 Å². The Bertz CT molecular complexity index is 1180. The number of hydrogen-bond acceptors (Lipinski definition) is 5. The van der Waals surface area contributed by atoms with Gasteiger partial charge in [0, 0.05) is 11.6 Å². The predicted octanol–water partition coefficient (Wildman–Crippen LogP) is 5.04. The second-order valence-electron chi connectivity index (χ2n) is 6.31. The first kappa shape index (κ1) is 20.1. The minimum absolute atomic E-state index is 0.00161. The zero-order chi connectivity index (χ0) is 21.3. The van der Waals surface area contributed by atoms with Crippen LogP contribution in [0.1, 0.15) is 16.1 Å². The second-order valence-corrected chi connectivity index (χ2v) is 7.86. The number of carboxylic acids is 1. The lowest BCUT2D eigenvalue weighted by atomic mass is 10.1. The monoisotopic (exact) mass is 444 g/mol. The first-order valence-corrected chi connectivity index (χ1v) is 10.00. The average molecular weight is 445 g/mol. The van der Waals surface area contributed by atoms with Crippen LogP contribution in [0.25, 0.3) is 17.4 Å². The zero-order valence-electron chi connectivity index (χ0n) is 15.2. The van der Waals surface area contributed by atoms with E-state index in [1.54, 1.807) is 42.5 Å². The van der Waals surface area contributed by atoms with Crippen LogP contribution in [0.5, 0.6) is 0 Å². The van der Waals surface area contributed by atoms with Gasteiger partial charge in [0.1, 0.15) is 17.3 Å². The fourth-order valence-corrected chi connectivity index (χ4v) is 4.06. The van der Waals surface area contributed by atoms with Gasteiger partial charge in [0.05, 0.1) is 21.2 Å². The van der Waals surface area contributed by atoms with Crippen LogP contribution < -0.4 is 10.6 Å². The number of nitrogens with one attached hydrogen (secondary N) is 2. The highest BCUT2D eigenvalue weighted by Gasteiger charge is 2.28. The van der Waals surface area contributed by atoms with Crippen molar-refractivity contribution < 1.29 is 23.5 Å². The summed E-state index contributed by atoms with van der Waals surface area (Å²) in [6.45, 7) is 0. The van der Waals surface area contributed by atoms with E-state index in [0.717, 1.165) is 0 Å². The summed E-state index contributed by atoms with van der Waals surface area (Å²) in [6, 6.07) is 14.1. The highest BCUT2D eigenvalue weighted by molar-refractivity contribution is 8.05. The van der Waals surface area contributed by atoms with Gasteiger partial charge in [-0.15, -0.1) is 0 Å². The molecule has 2 heterocycles. The van der Waals surface area contributed by atoms with E-state index in [2.05, 4.69) is 10.6 Å². The molecule has 0 bridgehead atoms. The standard InChI is InChI=1S/C21H14ClFN2O4S/c22-14-9-11(5-7-13(14)20(27)28)17-8-6-12(29-17)10-18-19(26)25-21(30-18)24-16-4-2-1-3-15(16)23/h1-10,21,24H,(H,25,26)(H,27,28)/b18-10-. The summed E-state index contributed by atoms with van der Waals surface area (Å²) in [5.41, 5.74) is 0.384. The van der Waals surface area contributed by atoms with E-state index in [0.29, 0.717) is 27.7 Å². The number of benzene rings is 2. The Morgan fingerprint density at radius 2 is 2.03 bits per heavy atom. The molecule has 9 heteroatoms. The Kier molecular flexibility index (Phi) is 5.52. The van der Waals surface area contributed by atoms with Gasteiger partial charge in [-0.25, -0.2) is 9.18 Å². The molecule has 1 saturated heterocycles. The Balaban J connectivity index is 1.50. The minimum atomic E-state index is -1.11. The average Bonchev–Trinajstić information content (AvgIpc) is 3.30. The van der Waals surface area contributed by atoms with Crippen molar-refractivity contribution in [2.45, 2.75) is 5.50 Å². The topological polar surface area (TPSA) is 91.6 Å². The third-order valence-corrected chi connectivity index (χ3v) is 5.62. The van der Waals surface area contributed by atoms with Gasteiger partial charge in [0.2, 0.25) is 0 Å². The molecule has 0 spiro atoms. The maximum atomic E-state index is 13.8. The van der Waals surface area contributed by atoms with Gasteiger partial charge in [-0.3, -0.25) is 4.79 Å². The van der Waals surface area contributed by atoms with Crippen molar-refractivity contribution in [3.8, 4) is 11.3 Å². The molecular weight excluding hydrogens is 431 g/mol. The molecule has 0 radical (unpaired) electrons. The van der Waals surface area contributed by atoms with E-state index in [4.69, 9.17) is 21.1 Å². The van der Waals surface area contributed by atoms with Crippen LogP contribution in [0.15, 0.2) is 63.9 Å². The second kappa shape index (κ2) is 8.25. The number of thioether (sulfide) groups is 1. The van der Waals surface area contributed by atoms with Crippen LogP contribution in [0, 0.1) is 5.82 Å². The van der Waals surface area contributed by atoms with Crippen LogP contribution in [0.2, 0.25) is 5.02 Å². The Morgan fingerprint density at radius 3 is 2.77 bits per heavy atom. The molecule has 1 aliphatic heterocycles. The number of hydrogen-bond donors (Lipinski definition) is 3. The molecule has 0 aliphatic carbocycles. The molecule has 1 amide bonds. The fourth-order valence-electron chi connectivity index (χ4n) is 2.84. The van der Waals surface area contributed by atoms with Gasteiger partial charge in [0.25, 0.3) is 5.91 Å². The molecule has 1 aromatic heterocycles. The number of carbonyl (C=O) groups excluding carboxylic acids is 1. The minimum Gasteiger partial charge on any atom is -0.478 e. The maximum absolute atomic E-state index is 13.8. The summed E-state index contributed by atoms with van der Waals surface area (Å²) in [6.07, 6.45) is 1.58. The molecule has 4 rings (SSSR count). The molecule has 1 aliphatic rings. The smallest absolute Gasteiger partial charge is 0.337 e. The lowest BCUT2D eigenvalue weighted by molar-refractivity contribution is -0.116. The number of anilines is 1. The van der Waals surface area contributed by atoms with Crippen molar-refractivity contribution in [1.29, 1.82) is 0 Å². The summed E-state index contributed by atoms with van der Waals surface area (Å²) < 4.78 is 19.5. The predicted molar refractivity (Wildman–Crippen MR) is 114 cm³/mol. The van der Waals surface area contributed by atoms with Crippen LogP contribution >= 0.6 is 23.4 Å². The van der Waals surface area contributed by atoms with E-state index in [9.17, 15) is 14.0 Å². The van der Waals surface area contributed by atoms with E-state index in [1.165, 1.54) is 30.0 Å². The summed E-state index contributed by atoms with van der Waals surface area (Å²) in [5.74, 6) is -0.911. The molecule has 3 aromatic rings. The molecular formula is C21H14ClFN2O4S. The van der Waals surface area contributed by atoms with Gasteiger partial charge in [-0.05, 0) is 36.4 Å². The van der Waals surface area contributed by atoms with E-state index in [-0.39, 0.29) is 16.5 Å². The molecule has 3 N–H and O–H groups in total. The highest BCUT2D eigenvalue weighted by Crippen LogP contribution is 2.33. The third kappa shape index (κ3) is 4.19. The van der Waals surface area contributed by atoms with Gasteiger partial charge >= 0.3 is 5.97 Å². The fraction of sp³-hybridized carbons (Fsp3) is 0.0476. The molecule has 30 heavy (non-hydrogen) atoms. The number of halogens is 2. The molecule has 0 saturated carbocycles. The van der Waals surface area contributed by atoms with Gasteiger partial charge in [-0.1, -0.05) is 41.6 Å². The first-order valence-electron chi connectivity index (χ1n) is 8.74.